The molecule has 2 heteroatoms. The van der Waals surface area contributed by atoms with Crippen LogP contribution in [0, 0.1) is 23.2 Å². The Morgan fingerprint density at radius 2 is 1.76 bits per heavy atom. The average Bonchev–Trinajstić information content (AvgIpc) is 2.32. The highest BCUT2D eigenvalue weighted by Gasteiger charge is 2.05. The van der Waals surface area contributed by atoms with Gasteiger partial charge in [-0.3, -0.25) is 0 Å². The van der Waals surface area contributed by atoms with Gasteiger partial charge in [0.15, 0.2) is 0 Å². The molecule has 0 aliphatic heterocycles. The van der Waals surface area contributed by atoms with Gasteiger partial charge in [0.1, 0.15) is 0 Å². The van der Waals surface area contributed by atoms with E-state index in [1.54, 1.807) is 18.2 Å². The SMILES string of the molecule is C=C/C=C(Cl)\C=C/[C@H](C)C(C)/C=C\C(=C)C#N. The van der Waals surface area contributed by atoms with Gasteiger partial charge in [-0.25, -0.2) is 0 Å². The number of rotatable bonds is 6. The van der Waals surface area contributed by atoms with Gasteiger partial charge in [0.05, 0.1) is 6.07 Å². The molecule has 0 aromatic rings. The number of nitriles is 1. The van der Waals surface area contributed by atoms with Crippen LogP contribution in [-0.2, 0) is 0 Å². The van der Waals surface area contributed by atoms with Crippen LogP contribution in [-0.4, -0.2) is 0 Å². The summed E-state index contributed by atoms with van der Waals surface area (Å²) in [6.07, 6.45) is 11.0. The highest BCUT2D eigenvalue weighted by molar-refractivity contribution is 6.31. The molecule has 0 N–H and O–H groups in total. The van der Waals surface area contributed by atoms with E-state index in [9.17, 15) is 0 Å². The standard InChI is InChI=1S/C15H18ClN/c1-5-6-15(16)10-9-14(4)13(3)8-7-12(2)11-17/h5-10,13-14H,1-2H2,3-4H3/b8-7-,10-9-,15-6+/t13?,14-/m0/s1. The second-order valence-corrected chi connectivity index (χ2v) is 4.30. The Kier molecular flexibility index (Phi) is 7.84. The molecule has 0 aromatic heterocycles. The van der Waals surface area contributed by atoms with Crippen LogP contribution in [0.5, 0.6) is 0 Å². The second kappa shape index (κ2) is 8.61. The molecular weight excluding hydrogens is 230 g/mol. The van der Waals surface area contributed by atoms with E-state index in [0.29, 0.717) is 22.4 Å². The van der Waals surface area contributed by atoms with E-state index in [-0.39, 0.29) is 0 Å². The minimum absolute atomic E-state index is 0.324. The Morgan fingerprint density at radius 1 is 1.24 bits per heavy atom. The summed E-state index contributed by atoms with van der Waals surface area (Å²) in [4.78, 5) is 0. The van der Waals surface area contributed by atoms with Gasteiger partial charge in [-0.15, -0.1) is 0 Å². The Labute approximate surface area is 109 Å². The summed E-state index contributed by atoms with van der Waals surface area (Å²) >= 11 is 5.91. The molecule has 0 saturated carbocycles. The molecule has 0 saturated heterocycles. The lowest BCUT2D eigenvalue weighted by Gasteiger charge is -2.11. The van der Waals surface area contributed by atoms with Crippen LogP contribution in [0.2, 0.25) is 0 Å². The third-order valence-electron chi connectivity index (χ3n) is 2.41. The van der Waals surface area contributed by atoms with Crippen molar-refractivity contribution < 1.29 is 0 Å². The average molecular weight is 248 g/mol. The Balaban J connectivity index is 4.42. The molecule has 2 atom stereocenters. The van der Waals surface area contributed by atoms with Gasteiger partial charge in [0.2, 0.25) is 0 Å². The van der Waals surface area contributed by atoms with Gasteiger partial charge < -0.3 is 0 Å². The van der Waals surface area contributed by atoms with Crippen molar-refractivity contribution in [2.24, 2.45) is 11.8 Å². The zero-order valence-corrected chi connectivity index (χ0v) is 11.1. The van der Waals surface area contributed by atoms with E-state index in [4.69, 9.17) is 16.9 Å². The first-order valence-corrected chi connectivity index (χ1v) is 5.82. The summed E-state index contributed by atoms with van der Waals surface area (Å²) in [5.74, 6) is 0.661. The summed E-state index contributed by atoms with van der Waals surface area (Å²) in [7, 11) is 0. The van der Waals surface area contributed by atoms with Crippen LogP contribution >= 0.6 is 11.6 Å². The predicted octanol–water partition coefficient (Wildman–Crippen LogP) is 4.76. The zero-order valence-electron chi connectivity index (χ0n) is 10.4. The first-order valence-electron chi connectivity index (χ1n) is 5.45. The van der Waals surface area contributed by atoms with Crippen molar-refractivity contribution in [3.8, 4) is 6.07 Å². The van der Waals surface area contributed by atoms with Crippen LogP contribution in [0.3, 0.4) is 0 Å². The molecule has 0 aliphatic rings. The fourth-order valence-electron chi connectivity index (χ4n) is 1.07. The van der Waals surface area contributed by atoms with E-state index in [1.165, 1.54) is 0 Å². The Hall–Kier alpha value is -1.52. The van der Waals surface area contributed by atoms with E-state index in [2.05, 4.69) is 27.0 Å². The molecule has 0 rings (SSSR count). The van der Waals surface area contributed by atoms with Crippen molar-refractivity contribution in [1.29, 1.82) is 5.26 Å². The fraction of sp³-hybridized carbons (Fsp3) is 0.267. The van der Waals surface area contributed by atoms with Crippen molar-refractivity contribution in [3.63, 3.8) is 0 Å². The third kappa shape index (κ3) is 7.38. The maximum atomic E-state index is 8.57. The molecule has 1 unspecified atom stereocenters. The van der Waals surface area contributed by atoms with Gasteiger partial charge >= 0.3 is 0 Å². The van der Waals surface area contributed by atoms with Crippen LogP contribution in [0.25, 0.3) is 0 Å². The summed E-state index contributed by atoms with van der Waals surface area (Å²) in [5, 5.41) is 9.23. The van der Waals surface area contributed by atoms with Crippen molar-refractivity contribution in [1.82, 2.24) is 0 Å². The highest BCUT2D eigenvalue weighted by Crippen LogP contribution is 2.16. The minimum atomic E-state index is 0.324. The van der Waals surface area contributed by atoms with E-state index in [1.807, 2.05) is 24.3 Å². The molecule has 0 radical (unpaired) electrons. The maximum Gasteiger partial charge on any atom is 0.0985 e. The molecule has 0 aliphatic carbocycles. The van der Waals surface area contributed by atoms with Crippen LogP contribution in [0.1, 0.15) is 13.8 Å². The Bertz CT molecular complexity index is 394. The molecule has 0 heterocycles. The Morgan fingerprint density at radius 3 is 2.24 bits per heavy atom. The van der Waals surface area contributed by atoms with Crippen molar-refractivity contribution in [2.45, 2.75) is 13.8 Å². The van der Waals surface area contributed by atoms with Gasteiger partial charge in [0, 0.05) is 10.6 Å². The normalized spacial score (nSPS) is 15.8. The van der Waals surface area contributed by atoms with Crippen LogP contribution in [0.15, 0.2) is 60.2 Å². The quantitative estimate of drug-likeness (QED) is 0.490. The van der Waals surface area contributed by atoms with Gasteiger partial charge in [-0.2, -0.15) is 5.26 Å². The zero-order chi connectivity index (χ0) is 13.3. The van der Waals surface area contributed by atoms with Crippen LogP contribution in [0.4, 0.5) is 0 Å². The monoisotopic (exact) mass is 247 g/mol. The highest BCUT2D eigenvalue weighted by atomic mass is 35.5. The molecular formula is C15H18ClN. The smallest absolute Gasteiger partial charge is 0.0985 e. The molecule has 1 nitrogen and oxygen atoms in total. The van der Waals surface area contributed by atoms with E-state index < -0.39 is 0 Å². The number of hydrogen-bond acceptors (Lipinski definition) is 1. The summed E-state index contributed by atoms with van der Waals surface area (Å²) in [6.45, 7) is 11.4. The lowest BCUT2D eigenvalue weighted by molar-refractivity contribution is 0.558. The molecule has 0 amide bonds. The largest absolute Gasteiger partial charge is 0.192 e. The maximum absolute atomic E-state index is 8.57. The third-order valence-corrected chi connectivity index (χ3v) is 2.66. The van der Waals surface area contributed by atoms with E-state index in [0.717, 1.165) is 0 Å². The van der Waals surface area contributed by atoms with Gasteiger partial charge in [0.25, 0.3) is 0 Å². The molecule has 0 bridgehead atoms. The lowest BCUT2D eigenvalue weighted by Crippen LogP contribution is -2.01. The lowest BCUT2D eigenvalue weighted by atomic mass is 9.94. The van der Waals surface area contributed by atoms with Crippen molar-refractivity contribution in [2.75, 3.05) is 0 Å². The molecule has 0 spiro atoms. The number of allylic oxidation sites excluding steroid dienone is 8. The molecule has 90 valence electrons. The fourth-order valence-corrected chi connectivity index (χ4v) is 1.23. The molecule has 0 fully saturated rings. The number of nitrogens with zero attached hydrogens (tertiary/aromatic N) is 1. The number of halogens is 1. The number of hydrogen-bond donors (Lipinski definition) is 0. The minimum Gasteiger partial charge on any atom is -0.192 e. The molecule has 17 heavy (non-hydrogen) atoms. The van der Waals surface area contributed by atoms with Crippen LogP contribution < -0.4 is 0 Å². The van der Waals surface area contributed by atoms with Crippen molar-refractivity contribution >= 4 is 11.6 Å². The summed E-state index contributed by atoms with van der Waals surface area (Å²) in [5.41, 5.74) is 0.470. The summed E-state index contributed by atoms with van der Waals surface area (Å²) < 4.78 is 0. The van der Waals surface area contributed by atoms with E-state index >= 15 is 0 Å². The van der Waals surface area contributed by atoms with Gasteiger partial charge in [-0.1, -0.05) is 56.8 Å². The predicted molar refractivity (Wildman–Crippen MR) is 75.5 cm³/mol. The summed E-state index contributed by atoms with van der Waals surface area (Å²) in [6, 6.07) is 1.99. The van der Waals surface area contributed by atoms with Gasteiger partial charge in [-0.05, 0) is 30.1 Å². The van der Waals surface area contributed by atoms with Crippen molar-refractivity contribution in [3.05, 3.63) is 60.2 Å². The first kappa shape index (κ1) is 15.5. The first-order chi connectivity index (χ1) is 8.01. The molecule has 0 aromatic carbocycles. The second-order valence-electron chi connectivity index (χ2n) is 3.86. The topological polar surface area (TPSA) is 23.8 Å².